The number of hydrogen-bond donors (Lipinski definition) is 0. The lowest BCUT2D eigenvalue weighted by molar-refractivity contribution is -0.384. The largest absolute Gasteiger partial charge is 0.403 e. The number of nitro groups is 1. The van der Waals surface area contributed by atoms with E-state index < -0.39 is 22.4 Å². The number of rotatable bonds is 3. The van der Waals surface area contributed by atoms with E-state index in [1.165, 1.54) is 36.4 Å². The molecule has 0 fully saturated rings. The fourth-order valence-electron chi connectivity index (χ4n) is 3.47. The second-order valence-electron chi connectivity index (χ2n) is 6.80. The SMILES string of the molecule is O=C1c2ccc(-c3nc4ccccc4c(=O)o3)cc2C(=O)N1c1ccc([N+](=O)[O-])cc1. The van der Waals surface area contributed by atoms with Crippen LogP contribution in [0.4, 0.5) is 11.4 Å². The number of anilines is 1. The van der Waals surface area contributed by atoms with Crippen LogP contribution in [0.15, 0.2) is 75.9 Å². The highest BCUT2D eigenvalue weighted by Crippen LogP contribution is 2.32. The number of imide groups is 1. The van der Waals surface area contributed by atoms with Crippen LogP contribution >= 0.6 is 0 Å². The molecule has 0 saturated heterocycles. The van der Waals surface area contributed by atoms with E-state index in [1.807, 2.05) is 0 Å². The van der Waals surface area contributed by atoms with Crippen molar-refractivity contribution in [3.05, 3.63) is 98.4 Å². The standard InChI is InChI=1S/C22H11N3O6/c26-20-15-10-5-12(19-23-18-4-2-1-3-16(18)22(28)31-19)11-17(15)21(27)24(20)13-6-8-14(9-7-13)25(29)30/h1-11H. The van der Waals surface area contributed by atoms with Gasteiger partial charge >= 0.3 is 5.63 Å². The zero-order valence-corrected chi connectivity index (χ0v) is 15.6. The van der Waals surface area contributed by atoms with Gasteiger partial charge in [-0.25, -0.2) is 14.7 Å². The molecule has 0 saturated carbocycles. The first-order valence-electron chi connectivity index (χ1n) is 9.11. The third kappa shape index (κ3) is 2.87. The van der Waals surface area contributed by atoms with Gasteiger partial charge in [0.1, 0.15) is 0 Å². The minimum atomic E-state index is -0.584. The molecule has 0 aliphatic carbocycles. The first-order valence-corrected chi connectivity index (χ1v) is 9.11. The molecule has 9 heteroatoms. The number of para-hydroxylation sites is 1. The molecule has 2 amide bonds. The van der Waals surface area contributed by atoms with E-state index in [2.05, 4.69) is 4.98 Å². The minimum Gasteiger partial charge on any atom is -0.403 e. The smallest absolute Gasteiger partial charge is 0.347 e. The van der Waals surface area contributed by atoms with Gasteiger partial charge in [0.2, 0.25) is 5.89 Å². The highest BCUT2D eigenvalue weighted by Gasteiger charge is 2.37. The second kappa shape index (κ2) is 6.70. The Balaban J connectivity index is 1.56. The Morgan fingerprint density at radius 1 is 0.871 bits per heavy atom. The Kier molecular flexibility index (Phi) is 3.97. The van der Waals surface area contributed by atoms with Gasteiger partial charge in [-0.2, -0.15) is 0 Å². The lowest BCUT2D eigenvalue weighted by atomic mass is 10.1. The summed E-state index contributed by atoms with van der Waals surface area (Å²) < 4.78 is 5.31. The van der Waals surface area contributed by atoms with Gasteiger partial charge in [-0.15, -0.1) is 0 Å². The third-order valence-corrected chi connectivity index (χ3v) is 4.99. The number of fused-ring (bicyclic) bond motifs is 2. The number of amides is 2. The summed E-state index contributed by atoms with van der Waals surface area (Å²) in [7, 11) is 0. The fourth-order valence-corrected chi connectivity index (χ4v) is 3.47. The van der Waals surface area contributed by atoms with Crippen molar-refractivity contribution in [2.75, 3.05) is 4.90 Å². The molecular formula is C22H11N3O6. The first-order chi connectivity index (χ1) is 14.9. The van der Waals surface area contributed by atoms with Gasteiger partial charge in [0.05, 0.1) is 32.6 Å². The molecule has 9 nitrogen and oxygen atoms in total. The number of aromatic nitrogens is 1. The summed E-state index contributed by atoms with van der Waals surface area (Å²) in [5.74, 6) is -1.10. The Labute approximate surface area is 173 Å². The maximum atomic E-state index is 12.9. The van der Waals surface area contributed by atoms with Crippen molar-refractivity contribution in [2.45, 2.75) is 0 Å². The van der Waals surface area contributed by atoms with Crippen molar-refractivity contribution in [2.24, 2.45) is 0 Å². The van der Waals surface area contributed by atoms with E-state index in [0.29, 0.717) is 16.5 Å². The van der Waals surface area contributed by atoms with Crippen molar-refractivity contribution in [1.29, 1.82) is 0 Å². The van der Waals surface area contributed by atoms with E-state index >= 15 is 0 Å². The maximum Gasteiger partial charge on any atom is 0.347 e. The lowest BCUT2D eigenvalue weighted by Crippen LogP contribution is -2.29. The van der Waals surface area contributed by atoms with E-state index in [1.54, 1.807) is 30.3 Å². The summed E-state index contributed by atoms with van der Waals surface area (Å²) in [6, 6.07) is 16.3. The highest BCUT2D eigenvalue weighted by atomic mass is 16.6. The van der Waals surface area contributed by atoms with Crippen LogP contribution in [-0.2, 0) is 0 Å². The van der Waals surface area contributed by atoms with Gasteiger partial charge in [0, 0.05) is 17.7 Å². The number of nitrogens with zero attached hydrogens (tertiary/aromatic N) is 3. The molecule has 0 bridgehead atoms. The number of benzene rings is 3. The summed E-state index contributed by atoms with van der Waals surface area (Å²) in [6.45, 7) is 0. The molecule has 0 spiro atoms. The molecule has 1 aromatic heterocycles. The number of nitro benzene ring substituents is 1. The van der Waals surface area contributed by atoms with Crippen molar-refractivity contribution in [3.8, 4) is 11.5 Å². The highest BCUT2D eigenvalue weighted by molar-refractivity contribution is 6.34. The average Bonchev–Trinajstić information content (AvgIpc) is 3.03. The van der Waals surface area contributed by atoms with Gasteiger partial charge in [-0.05, 0) is 42.5 Å². The molecule has 1 aliphatic heterocycles. The number of hydrogen-bond acceptors (Lipinski definition) is 7. The predicted octanol–water partition coefficient (Wildman–Crippen LogP) is 3.56. The molecular weight excluding hydrogens is 402 g/mol. The summed E-state index contributed by atoms with van der Waals surface area (Å²) in [6.07, 6.45) is 0. The van der Waals surface area contributed by atoms with Crippen molar-refractivity contribution in [3.63, 3.8) is 0 Å². The summed E-state index contributed by atoms with van der Waals surface area (Å²) >= 11 is 0. The maximum absolute atomic E-state index is 12.9. The Morgan fingerprint density at radius 3 is 2.32 bits per heavy atom. The molecule has 0 unspecified atom stereocenters. The van der Waals surface area contributed by atoms with Crippen molar-refractivity contribution in [1.82, 2.24) is 4.98 Å². The Morgan fingerprint density at radius 2 is 1.58 bits per heavy atom. The molecule has 0 radical (unpaired) electrons. The number of carbonyl (C=O) groups excluding carboxylic acids is 2. The Hall–Kier alpha value is -4.66. The van der Waals surface area contributed by atoms with Crippen LogP contribution < -0.4 is 10.5 Å². The molecule has 5 rings (SSSR count). The van der Waals surface area contributed by atoms with Gasteiger partial charge < -0.3 is 4.42 Å². The van der Waals surface area contributed by atoms with Gasteiger partial charge in [-0.1, -0.05) is 12.1 Å². The Bertz CT molecular complexity index is 1470. The predicted molar refractivity (Wildman–Crippen MR) is 110 cm³/mol. The van der Waals surface area contributed by atoms with E-state index in [-0.39, 0.29) is 28.4 Å². The quantitative estimate of drug-likeness (QED) is 0.286. The monoisotopic (exact) mass is 413 g/mol. The topological polar surface area (TPSA) is 124 Å². The molecule has 3 aromatic carbocycles. The van der Waals surface area contributed by atoms with Crippen LogP contribution in [-0.4, -0.2) is 21.7 Å². The summed E-state index contributed by atoms with van der Waals surface area (Å²) in [5.41, 5.74) is 0.621. The number of non-ortho nitro benzene ring substituents is 1. The second-order valence-corrected chi connectivity index (χ2v) is 6.80. The van der Waals surface area contributed by atoms with Gasteiger partial charge in [0.15, 0.2) is 0 Å². The zero-order valence-electron chi connectivity index (χ0n) is 15.6. The summed E-state index contributed by atoms with van der Waals surface area (Å²) in [4.78, 5) is 53.5. The normalized spacial score (nSPS) is 13.0. The molecule has 4 aromatic rings. The van der Waals surface area contributed by atoms with Crippen molar-refractivity contribution < 1.29 is 18.9 Å². The molecule has 0 N–H and O–H groups in total. The number of carbonyl (C=O) groups is 2. The van der Waals surface area contributed by atoms with Crippen LogP contribution in [0.1, 0.15) is 20.7 Å². The first kappa shape index (κ1) is 18.4. The molecule has 0 atom stereocenters. The zero-order chi connectivity index (χ0) is 21.7. The fraction of sp³-hybridized carbons (Fsp3) is 0. The van der Waals surface area contributed by atoms with E-state index in [9.17, 15) is 24.5 Å². The van der Waals surface area contributed by atoms with E-state index in [4.69, 9.17) is 4.42 Å². The molecule has 31 heavy (non-hydrogen) atoms. The molecule has 2 heterocycles. The van der Waals surface area contributed by atoms with Crippen LogP contribution in [0.5, 0.6) is 0 Å². The van der Waals surface area contributed by atoms with Crippen molar-refractivity contribution >= 4 is 34.1 Å². The lowest BCUT2D eigenvalue weighted by Gasteiger charge is -2.13. The minimum absolute atomic E-state index is 0.0283. The van der Waals surface area contributed by atoms with Crippen LogP contribution in [0, 0.1) is 10.1 Å². The molecule has 150 valence electrons. The van der Waals surface area contributed by atoms with Crippen LogP contribution in [0.25, 0.3) is 22.4 Å². The van der Waals surface area contributed by atoms with Crippen LogP contribution in [0.2, 0.25) is 0 Å². The third-order valence-electron chi connectivity index (χ3n) is 4.99. The van der Waals surface area contributed by atoms with Gasteiger partial charge in [-0.3, -0.25) is 19.7 Å². The van der Waals surface area contributed by atoms with E-state index in [0.717, 1.165) is 4.90 Å². The average molecular weight is 413 g/mol. The molecule has 1 aliphatic rings. The summed E-state index contributed by atoms with van der Waals surface area (Å²) in [5, 5.41) is 11.2. The van der Waals surface area contributed by atoms with Crippen LogP contribution in [0.3, 0.4) is 0 Å². The van der Waals surface area contributed by atoms with Gasteiger partial charge in [0.25, 0.3) is 17.5 Å².